The number of hydrogen-bond acceptors (Lipinski definition) is 4. The lowest BCUT2D eigenvalue weighted by Crippen LogP contribution is -2.26. The number of thioether (sulfide) groups is 1. The summed E-state index contributed by atoms with van der Waals surface area (Å²) in [4.78, 5) is 15.5. The molecule has 14 heavy (non-hydrogen) atoms. The molecule has 0 bridgehead atoms. The average molecular weight is 231 g/mol. The third kappa shape index (κ3) is 2.10. The molecule has 0 atom stereocenters. The molecule has 0 unspecified atom stereocenters. The molecule has 1 aliphatic heterocycles. The van der Waals surface area contributed by atoms with E-state index in [4.69, 9.17) is 16.0 Å². The molecule has 4 nitrogen and oxygen atoms in total. The Bertz CT molecular complexity index is 388. The van der Waals surface area contributed by atoms with E-state index in [1.54, 1.807) is 0 Å². The highest BCUT2D eigenvalue weighted by atomic mass is 35.5. The van der Waals surface area contributed by atoms with Crippen LogP contribution < -0.4 is 5.32 Å². The van der Waals surface area contributed by atoms with Gasteiger partial charge in [-0.05, 0) is 23.7 Å². The maximum atomic E-state index is 11.5. The zero-order chi connectivity index (χ0) is 9.97. The zero-order valence-electron chi connectivity index (χ0n) is 7.12. The van der Waals surface area contributed by atoms with Gasteiger partial charge in [-0.1, -0.05) is 11.8 Å². The van der Waals surface area contributed by atoms with Crippen LogP contribution in [-0.4, -0.2) is 23.4 Å². The summed E-state index contributed by atoms with van der Waals surface area (Å²) in [5, 5.41) is 3.48. The molecule has 0 aliphatic carbocycles. The van der Waals surface area contributed by atoms with Crippen molar-refractivity contribution in [2.75, 3.05) is 12.3 Å². The van der Waals surface area contributed by atoms with Crippen molar-refractivity contribution in [3.63, 3.8) is 0 Å². The Balaban J connectivity index is 2.02. The van der Waals surface area contributed by atoms with E-state index >= 15 is 0 Å². The number of nitrogens with one attached hydrogen (secondary N) is 1. The van der Waals surface area contributed by atoms with Crippen molar-refractivity contribution in [3.8, 4) is 0 Å². The van der Waals surface area contributed by atoms with Gasteiger partial charge in [0.05, 0.1) is 6.54 Å². The molecule has 2 rings (SSSR count). The number of halogens is 1. The van der Waals surface area contributed by atoms with Gasteiger partial charge in [0, 0.05) is 5.75 Å². The molecule has 1 aromatic rings. The van der Waals surface area contributed by atoms with E-state index in [1.165, 1.54) is 23.9 Å². The van der Waals surface area contributed by atoms with Crippen molar-refractivity contribution in [3.05, 3.63) is 23.1 Å². The standard InChI is InChI=1S/C8H7ClN2O2S/c9-6-2-1-5(13-6)7(12)11-8-10-3-4-14-8/h1-2H,3-4H2,(H,10,11,12). The minimum absolute atomic E-state index is 0.199. The maximum absolute atomic E-state index is 11.5. The smallest absolute Gasteiger partial charge is 0.292 e. The Kier molecular flexibility index (Phi) is 2.79. The van der Waals surface area contributed by atoms with Gasteiger partial charge in [-0.3, -0.25) is 15.1 Å². The number of furan rings is 1. The molecule has 0 radical (unpaired) electrons. The molecule has 0 fully saturated rings. The van der Waals surface area contributed by atoms with Gasteiger partial charge in [0.25, 0.3) is 5.91 Å². The van der Waals surface area contributed by atoms with Gasteiger partial charge in [-0.15, -0.1) is 0 Å². The maximum Gasteiger partial charge on any atom is 0.292 e. The minimum Gasteiger partial charge on any atom is -0.440 e. The third-order valence-corrected chi connectivity index (χ3v) is 2.70. The van der Waals surface area contributed by atoms with Crippen molar-refractivity contribution in [1.29, 1.82) is 0 Å². The highest BCUT2D eigenvalue weighted by molar-refractivity contribution is 8.14. The molecule has 1 aromatic heterocycles. The lowest BCUT2D eigenvalue weighted by molar-refractivity contribution is 0.0951. The summed E-state index contributed by atoms with van der Waals surface area (Å²) in [6.07, 6.45) is 0. The van der Waals surface area contributed by atoms with Crippen molar-refractivity contribution in [1.82, 2.24) is 5.32 Å². The van der Waals surface area contributed by atoms with Crippen LogP contribution in [0.4, 0.5) is 0 Å². The SMILES string of the molecule is O=C(NC1=NCCS1)c1ccc(Cl)o1. The van der Waals surface area contributed by atoms with Crippen LogP contribution in [0.15, 0.2) is 21.5 Å². The molecule has 0 saturated heterocycles. The van der Waals surface area contributed by atoms with Crippen LogP contribution in [0.1, 0.15) is 10.6 Å². The molecule has 0 aromatic carbocycles. The Morgan fingerprint density at radius 3 is 3.07 bits per heavy atom. The summed E-state index contributed by atoms with van der Waals surface area (Å²) in [6.45, 7) is 0.749. The largest absolute Gasteiger partial charge is 0.440 e. The van der Waals surface area contributed by atoms with E-state index in [1.807, 2.05) is 0 Å². The van der Waals surface area contributed by atoms with Gasteiger partial charge in [-0.2, -0.15) is 0 Å². The first kappa shape index (κ1) is 9.61. The average Bonchev–Trinajstić information content (AvgIpc) is 2.75. The minimum atomic E-state index is -0.315. The highest BCUT2D eigenvalue weighted by Gasteiger charge is 2.15. The van der Waals surface area contributed by atoms with Crippen molar-refractivity contribution >= 4 is 34.4 Å². The molecule has 0 spiro atoms. The van der Waals surface area contributed by atoms with Crippen LogP contribution in [-0.2, 0) is 0 Å². The molecule has 6 heteroatoms. The van der Waals surface area contributed by atoms with E-state index in [2.05, 4.69) is 10.3 Å². The number of carbonyl (C=O) groups is 1. The number of amides is 1. The molecule has 74 valence electrons. The summed E-state index contributed by atoms with van der Waals surface area (Å²) in [7, 11) is 0. The molecular weight excluding hydrogens is 224 g/mol. The van der Waals surface area contributed by atoms with E-state index < -0.39 is 0 Å². The fraction of sp³-hybridized carbons (Fsp3) is 0.250. The lowest BCUT2D eigenvalue weighted by atomic mass is 10.4. The summed E-state index contributed by atoms with van der Waals surface area (Å²) in [6, 6.07) is 3.05. The number of rotatable bonds is 1. The highest BCUT2D eigenvalue weighted by Crippen LogP contribution is 2.14. The second-order valence-electron chi connectivity index (χ2n) is 2.59. The summed E-state index contributed by atoms with van der Waals surface area (Å²) >= 11 is 7.05. The topological polar surface area (TPSA) is 54.6 Å². The van der Waals surface area contributed by atoms with E-state index in [-0.39, 0.29) is 16.9 Å². The zero-order valence-corrected chi connectivity index (χ0v) is 8.69. The first-order chi connectivity index (χ1) is 6.75. The number of nitrogens with zero attached hydrogens (tertiary/aromatic N) is 1. The first-order valence-electron chi connectivity index (χ1n) is 3.99. The molecule has 1 aliphatic rings. The Morgan fingerprint density at radius 1 is 1.64 bits per heavy atom. The summed E-state index contributed by atoms with van der Waals surface area (Å²) in [5.41, 5.74) is 0. The van der Waals surface area contributed by atoms with Crippen LogP contribution >= 0.6 is 23.4 Å². The monoisotopic (exact) mass is 230 g/mol. The molecular formula is C8H7ClN2O2S. The van der Waals surface area contributed by atoms with Crippen LogP contribution in [0, 0.1) is 0 Å². The predicted octanol–water partition coefficient (Wildman–Crippen LogP) is 1.77. The van der Waals surface area contributed by atoms with Crippen LogP contribution in [0.5, 0.6) is 0 Å². The number of amidine groups is 1. The molecule has 1 amide bonds. The predicted molar refractivity (Wildman–Crippen MR) is 55.9 cm³/mol. The normalized spacial score (nSPS) is 15.4. The summed E-state index contributed by atoms with van der Waals surface area (Å²) < 4.78 is 4.94. The van der Waals surface area contributed by atoms with Crippen LogP contribution in [0.3, 0.4) is 0 Å². The third-order valence-electron chi connectivity index (χ3n) is 1.60. The van der Waals surface area contributed by atoms with Gasteiger partial charge in [-0.25, -0.2) is 0 Å². The quantitative estimate of drug-likeness (QED) is 0.800. The van der Waals surface area contributed by atoms with Gasteiger partial charge in [0.2, 0.25) is 0 Å². The number of hydrogen-bond donors (Lipinski definition) is 1. The fourth-order valence-electron chi connectivity index (χ4n) is 1.01. The first-order valence-corrected chi connectivity index (χ1v) is 5.36. The van der Waals surface area contributed by atoms with Crippen LogP contribution in [0.25, 0.3) is 0 Å². The molecule has 2 heterocycles. The lowest BCUT2D eigenvalue weighted by Gasteiger charge is -1.99. The Labute approximate surface area is 89.7 Å². The second-order valence-corrected chi connectivity index (χ2v) is 4.05. The van der Waals surface area contributed by atoms with E-state index in [0.717, 1.165) is 12.3 Å². The van der Waals surface area contributed by atoms with Crippen molar-refractivity contribution < 1.29 is 9.21 Å². The fourth-order valence-corrected chi connectivity index (χ4v) is 1.88. The molecule has 1 N–H and O–H groups in total. The van der Waals surface area contributed by atoms with Gasteiger partial charge >= 0.3 is 0 Å². The summed E-state index contributed by atoms with van der Waals surface area (Å²) in [5.74, 6) is 0.796. The van der Waals surface area contributed by atoms with Crippen molar-refractivity contribution in [2.45, 2.75) is 0 Å². The van der Waals surface area contributed by atoms with Gasteiger partial charge < -0.3 is 4.42 Å². The van der Waals surface area contributed by atoms with Gasteiger partial charge in [0.15, 0.2) is 16.1 Å². The Morgan fingerprint density at radius 2 is 2.50 bits per heavy atom. The van der Waals surface area contributed by atoms with Crippen molar-refractivity contribution in [2.24, 2.45) is 4.99 Å². The van der Waals surface area contributed by atoms with Gasteiger partial charge in [0.1, 0.15) is 0 Å². The number of aliphatic imine (C=N–C) groups is 1. The Hall–Kier alpha value is -0.940. The second kappa shape index (κ2) is 4.06. The number of carbonyl (C=O) groups excluding carboxylic acids is 1. The van der Waals surface area contributed by atoms with E-state index in [9.17, 15) is 4.79 Å². The molecule has 0 saturated carbocycles. The van der Waals surface area contributed by atoms with E-state index in [0.29, 0.717) is 5.17 Å². The van der Waals surface area contributed by atoms with Crippen LogP contribution in [0.2, 0.25) is 5.22 Å².